The minimum absolute atomic E-state index is 0.0282. The van der Waals surface area contributed by atoms with Gasteiger partial charge in [-0.3, -0.25) is 0 Å². The van der Waals surface area contributed by atoms with Crippen molar-refractivity contribution in [3.05, 3.63) is 35.9 Å². The zero-order valence-electron chi connectivity index (χ0n) is 9.43. The van der Waals surface area contributed by atoms with Crippen LogP contribution in [0.15, 0.2) is 30.3 Å². The topological polar surface area (TPSA) is 66.4 Å². The molecule has 0 radical (unpaired) electrons. The molecule has 0 aromatic heterocycles. The fourth-order valence-corrected chi connectivity index (χ4v) is 2.44. The van der Waals surface area contributed by atoms with Gasteiger partial charge in [-0.15, -0.1) is 0 Å². The molecule has 4 heteroatoms. The van der Waals surface area contributed by atoms with Crippen molar-refractivity contribution >= 4 is 12.4 Å². The summed E-state index contributed by atoms with van der Waals surface area (Å²) in [5, 5.41) is 10.9. The molecule has 1 aliphatic carbocycles. The Morgan fingerprint density at radius 1 is 1.47 bits per heavy atom. The average Bonchev–Trinajstić information content (AvgIpc) is 3.05. The number of carboxylic acid groups (broad SMARTS) is 1. The lowest BCUT2D eigenvalue weighted by atomic mass is 9.90. The first-order valence-electron chi connectivity index (χ1n) is 5.67. The summed E-state index contributed by atoms with van der Waals surface area (Å²) in [7, 11) is 0. The molecule has 1 saturated carbocycles. The first-order valence-corrected chi connectivity index (χ1v) is 5.67. The zero-order chi connectivity index (χ0) is 12.3. The lowest BCUT2D eigenvalue weighted by Gasteiger charge is -2.16. The Labute approximate surface area is 99.6 Å². The van der Waals surface area contributed by atoms with Crippen LogP contribution < -0.4 is 5.32 Å². The lowest BCUT2D eigenvalue weighted by Crippen LogP contribution is -2.26. The molecular weight excluding hydrogens is 218 g/mol. The van der Waals surface area contributed by atoms with Crippen molar-refractivity contribution in [2.24, 2.45) is 5.92 Å². The van der Waals surface area contributed by atoms with Crippen LogP contribution in [0.4, 0.5) is 4.79 Å². The molecule has 2 N–H and O–H groups in total. The second kappa shape index (κ2) is 4.57. The maximum atomic E-state index is 10.9. The van der Waals surface area contributed by atoms with Crippen LogP contribution >= 0.6 is 0 Å². The predicted octanol–water partition coefficient (Wildman–Crippen LogP) is 1.80. The summed E-state index contributed by atoms with van der Waals surface area (Å²) in [6.45, 7) is 0.383. The van der Waals surface area contributed by atoms with Gasteiger partial charge in [0.05, 0.1) is 0 Å². The number of carbonyl (C=O) groups is 2. The number of nitrogens with one attached hydrogen (secondary N) is 1. The highest BCUT2D eigenvalue weighted by Crippen LogP contribution is 2.55. The third-order valence-corrected chi connectivity index (χ3v) is 3.49. The highest BCUT2D eigenvalue weighted by Gasteiger charge is 2.54. The van der Waals surface area contributed by atoms with E-state index in [-0.39, 0.29) is 11.3 Å². The summed E-state index contributed by atoms with van der Waals surface area (Å²) >= 11 is 0. The fraction of sp³-hybridized carbons (Fsp3) is 0.385. The molecule has 1 aliphatic rings. The highest BCUT2D eigenvalue weighted by atomic mass is 16.4. The number of aldehydes is 1. The molecule has 1 aromatic rings. The molecule has 1 aromatic carbocycles. The van der Waals surface area contributed by atoms with Crippen LogP contribution in [-0.2, 0) is 10.2 Å². The molecule has 0 aliphatic heterocycles. The van der Waals surface area contributed by atoms with E-state index in [2.05, 4.69) is 5.32 Å². The molecule has 0 bridgehead atoms. The SMILES string of the molecule is O=C[C@@H]1C[C@@]1(CCNC(=O)O)c1ccccc1. The van der Waals surface area contributed by atoms with Gasteiger partial charge in [0, 0.05) is 17.9 Å². The first kappa shape index (κ1) is 11.6. The molecule has 0 heterocycles. The number of rotatable bonds is 5. The Bertz CT molecular complexity index is 418. The number of hydrogen-bond donors (Lipinski definition) is 2. The van der Waals surface area contributed by atoms with Crippen molar-refractivity contribution in [2.45, 2.75) is 18.3 Å². The molecule has 1 fully saturated rings. The van der Waals surface area contributed by atoms with E-state index in [1.54, 1.807) is 0 Å². The summed E-state index contributed by atoms with van der Waals surface area (Å²) in [4.78, 5) is 21.3. The number of amides is 1. The van der Waals surface area contributed by atoms with E-state index in [0.29, 0.717) is 13.0 Å². The normalized spacial score (nSPS) is 26.2. The Morgan fingerprint density at radius 3 is 2.71 bits per heavy atom. The number of benzene rings is 1. The van der Waals surface area contributed by atoms with Gasteiger partial charge in [0.1, 0.15) is 6.29 Å². The highest BCUT2D eigenvalue weighted by molar-refractivity contribution is 5.66. The molecule has 1 amide bonds. The third kappa shape index (κ3) is 2.30. The van der Waals surface area contributed by atoms with Crippen molar-refractivity contribution in [1.29, 1.82) is 0 Å². The summed E-state index contributed by atoms with van der Waals surface area (Å²) in [6.07, 6.45) is 1.46. The van der Waals surface area contributed by atoms with Gasteiger partial charge in [-0.25, -0.2) is 4.79 Å². The van der Waals surface area contributed by atoms with E-state index in [1.807, 2.05) is 30.3 Å². The monoisotopic (exact) mass is 233 g/mol. The molecule has 0 unspecified atom stereocenters. The van der Waals surface area contributed by atoms with Crippen molar-refractivity contribution in [3.63, 3.8) is 0 Å². The first-order chi connectivity index (χ1) is 8.19. The van der Waals surface area contributed by atoms with E-state index in [4.69, 9.17) is 5.11 Å². The second-order valence-electron chi connectivity index (χ2n) is 4.45. The van der Waals surface area contributed by atoms with Crippen molar-refractivity contribution in [1.82, 2.24) is 5.32 Å². The predicted molar refractivity (Wildman–Crippen MR) is 62.9 cm³/mol. The van der Waals surface area contributed by atoms with Crippen LogP contribution in [-0.4, -0.2) is 24.0 Å². The molecule has 2 rings (SSSR count). The van der Waals surface area contributed by atoms with E-state index in [0.717, 1.165) is 18.3 Å². The molecule has 0 saturated heterocycles. The summed E-state index contributed by atoms with van der Waals surface area (Å²) < 4.78 is 0. The third-order valence-electron chi connectivity index (χ3n) is 3.49. The van der Waals surface area contributed by atoms with Crippen LogP contribution in [0.25, 0.3) is 0 Å². The Balaban J connectivity index is 2.07. The summed E-state index contributed by atoms with van der Waals surface area (Å²) in [5.41, 5.74) is 0.982. The van der Waals surface area contributed by atoms with Crippen LogP contribution in [0.5, 0.6) is 0 Å². The quantitative estimate of drug-likeness (QED) is 0.762. The average molecular weight is 233 g/mol. The zero-order valence-corrected chi connectivity index (χ0v) is 9.43. The van der Waals surface area contributed by atoms with Crippen LogP contribution in [0, 0.1) is 5.92 Å². The van der Waals surface area contributed by atoms with Crippen molar-refractivity contribution in [3.8, 4) is 0 Å². The van der Waals surface area contributed by atoms with E-state index in [1.165, 1.54) is 0 Å². The van der Waals surface area contributed by atoms with Gasteiger partial charge in [-0.05, 0) is 18.4 Å². The molecule has 4 nitrogen and oxygen atoms in total. The minimum atomic E-state index is -1.02. The molecular formula is C13H15NO3. The van der Waals surface area contributed by atoms with Crippen LogP contribution in [0.3, 0.4) is 0 Å². The number of carbonyl (C=O) groups excluding carboxylic acids is 1. The van der Waals surface area contributed by atoms with E-state index < -0.39 is 6.09 Å². The Kier molecular flexibility index (Phi) is 3.13. The lowest BCUT2D eigenvalue weighted by molar-refractivity contribution is -0.109. The Morgan fingerprint density at radius 2 is 2.18 bits per heavy atom. The molecule has 17 heavy (non-hydrogen) atoms. The summed E-state index contributed by atoms with van der Waals surface area (Å²) in [6, 6.07) is 9.84. The molecule has 90 valence electrons. The van der Waals surface area contributed by atoms with Crippen LogP contribution in [0.2, 0.25) is 0 Å². The molecule has 2 atom stereocenters. The smallest absolute Gasteiger partial charge is 0.404 e. The van der Waals surface area contributed by atoms with Gasteiger partial charge >= 0.3 is 6.09 Å². The molecule has 0 spiro atoms. The van der Waals surface area contributed by atoms with Gasteiger partial charge in [0.15, 0.2) is 0 Å². The van der Waals surface area contributed by atoms with Gasteiger partial charge in [-0.2, -0.15) is 0 Å². The number of hydrogen-bond acceptors (Lipinski definition) is 2. The van der Waals surface area contributed by atoms with E-state index >= 15 is 0 Å². The summed E-state index contributed by atoms with van der Waals surface area (Å²) in [5.74, 6) is 0.0282. The van der Waals surface area contributed by atoms with E-state index in [9.17, 15) is 9.59 Å². The van der Waals surface area contributed by atoms with Gasteiger partial charge < -0.3 is 15.2 Å². The maximum absolute atomic E-state index is 10.9. The van der Waals surface area contributed by atoms with Gasteiger partial charge in [0.25, 0.3) is 0 Å². The van der Waals surface area contributed by atoms with Gasteiger partial charge in [-0.1, -0.05) is 30.3 Å². The standard InChI is InChI=1S/C13H15NO3/c15-9-11-8-13(11,6-7-14-12(16)17)10-4-2-1-3-5-10/h1-5,9,11,14H,6-8H2,(H,16,17)/t11-,13-/m0/s1. The van der Waals surface area contributed by atoms with Crippen molar-refractivity contribution in [2.75, 3.05) is 6.54 Å². The maximum Gasteiger partial charge on any atom is 0.404 e. The van der Waals surface area contributed by atoms with Gasteiger partial charge in [0.2, 0.25) is 0 Å². The second-order valence-corrected chi connectivity index (χ2v) is 4.45. The Hall–Kier alpha value is -1.84. The van der Waals surface area contributed by atoms with Crippen molar-refractivity contribution < 1.29 is 14.7 Å². The van der Waals surface area contributed by atoms with Crippen LogP contribution in [0.1, 0.15) is 18.4 Å². The fourth-order valence-electron chi connectivity index (χ4n) is 2.44. The minimum Gasteiger partial charge on any atom is -0.465 e. The largest absolute Gasteiger partial charge is 0.465 e.